The normalized spacial score (nSPS) is 17.0. The molecule has 6 heteroatoms. The molecule has 1 fully saturated rings. The SMILES string of the molecule is COC(=O)c1ccc(NC2CCN(c3ccc(Cl)cc3)C2=O)cc1. The van der Waals surface area contributed by atoms with Gasteiger partial charge in [0.25, 0.3) is 0 Å². The second-order valence-electron chi connectivity index (χ2n) is 5.52. The highest BCUT2D eigenvalue weighted by Crippen LogP contribution is 2.25. The van der Waals surface area contributed by atoms with Crippen LogP contribution in [0.5, 0.6) is 0 Å². The minimum absolute atomic E-state index is 0.0226. The fraction of sp³-hybridized carbons (Fsp3) is 0.222. The maximum atomic E-state index is 12.6. The maximum absolute atomic E-state index is 12.6. The van der Waals surface area contributed by atoms with E-state index in [0.717, 1.165) is 11.4 Å². The van der Waals surface area contributed by atoms with Gasteiger partial charge in [0.05, 0.1) is 12.7 Å². The number of hydrogen-bond acceptors (Lipinski definition) is 4. The fourth-order valence-electron chi connectivity index (χ4n) is 2.71. The molecule has 1 aliphatic rings. The predicted molar refractivity (Wildman–Crippen MR) is 93.6 cm³/mol. The zero-order valence-corrected chi connectivity index (χ0v) is 13.9. The van der Waals surface area contributed by atoms with Crippen LogP contribution in [0.15, 0.2) is 48.5 Å². The quantitative estimate of drug-likeness (QED) is 0.864. The first-order valence-electron chi connectivity index (χ1n) is 7.60. The fourth-order valence-corrected chi connectivity index (χ4v) is 2.84. The van der Waals surface area contributed by atoms with Gasteiger partial charge in [-0.2, -0.15) is 0 Å². The van der Waals surface area contributed by atoms with E-state index in [1.165, 1.54) is 7.11 Å². The third-order valence-electron chi connectivity index (χ3n) is 3.99. The summed E-state index contributed by atoms with van der Waals surface area (Å²) in [5, 5.41) is 3.86. The van der Waals surface area contributed by atoms with Crippen LogP contribution in [0.1, 0.15) is 16.8 Å². The Morgan fingerprint density at radius 2 is 1.83 bits per heavy atom. The third-order valence-corrected chi connectivity index (χ3v) is 4.24. The topological polar surface area (TPSA) is 58.6 Å². The number of benzene rings is 2. The van der Waals surface area contributed by atoms with E-state index in [1.54, 1.807) is 41.3 Å². The molecule has 24 heavy (non-hydrogen) atoms. The lowest BCUT2D eigenvalue weighted by Gasteiger charge is -2.18. The van der Waals surface area contributed by atoms with Crippen LogP contribution in [-0.4, -0.2) is 31.6 Å². The average molecular weight is 345 g/mol. The van der Waals surface area contributed by atoms with Crippen LogP contribution in [0, 0.1) is 0 Å². The van der Waals surface area contributed by atoms with Crippen LogP contribution in [0.25, 0.3) is 0 Å². The highest BCUT2D eigenvalue weighted by atomic mass is 35.5. The molecule has 0 aliphatic carbocycles. The Morgan fingerprint density at radius 3 is 2.46 bits per heavy atom. The van der Waals surface area contributed by atoms with Crippen molar-refractivity contribution < 1.29 is 14.3 Å². The van der Waals surface area contributed by atoms with Gasteiger partial charge in [0.15, 0.2) is 0 Å². The Bertz CT molecular complexity index is 744. The molecule has 124 valence electrons. The van der Waals surface area contributed by atoms with E-state index in [2.05, 4.69) is 10.1 Å². The summed E-state index contributed by atoms with van der Waals surface area (Å²) in [6.45, 7) is 0.651. The Morgan fingerprint density at radius 1 is 1.17 bits per heavy atom. The first-order chi connectivity index (χ1) is 11.6. The van der Waals surface area contributed by atoms with Crippen molar-refractivity contribution in [1.29, 1.82) is 0 Å². The summed E-state index contributed by atoms with van der Waals surface area (Å²) in [5.41, 5.74) is 2.11. The average Bonchev–Trinajstić information content (AvgIpc) is 2.96. The van der Waals surface area contributed by atoms with Crippen molar-refractivity contribution in [2.75, 3.05) is 23.9 Å². The van der Waals surface area contributed by atoms with E-state index in [1.807, 2.05) is 12.1 Å². The van der Waals surface area contributed by atoms with Crippen LogP contribution >= 0.6 is 11.6 Å². The lowest BCUT2D eigenvalue weighted by molar-refractivity contribution is -0.117. The molecule has 0 aromatic heterocycles. The molecule has 1 unspecified atom stereocenters. The van der Waals surface area contributed by atoms with E-state index >= 15 is 0 Å². The summed E-state index contributed by atoms with van der Waals surface area (Å²) < 4.78 is 4.67. The van der Waals surface area contributed by atoms with Crippen molar-refractivity contribution in [3.05, 3.63) is 59.1 Å². The Kier molecular flexibility index (Phi) is 4.71. The number of methoxy groups -OCH3 is 1. The van der Waals surface area contributed by atoms with Crippen LogP contribution < -0.4 is 10.2 Å². The minimum atomic E-state index is -0.382. The second-order valence-corrected chi connectivity index (χ2v) is 5.96. The van der Waals surface area contributed by atoms with Crippen LogP contribution in [0.4, 0.5) is 11.4 Å². The standard InChI is InChI=1S/C18H17ClN2O3/c1-24-18(23)12-2-6-14(7-3-12)20-16-10-11-21(17(16)22)15-8-4-13(19)5-9-15/h2-9,16,20H,10-11H2,1H3. The minimum Gasteiger partial charge on any atom is -0.465 e. The molecule has 1 saturated heterocycles. The van der Waals surface area contributed by atoms with Gasteiger partial charge >= 0.3 is 5.97 Å². The summed E-state index contributed by atoms with van der Waals surface area (Å²) in [7, 11) is 1.34. The van der Waals surface area contributed by atoms with Gasteiger partial charge in [-0.1, -0.05) is 11.6 Å². The molecule has 0 radical (unpaired) electrons. The molecule has 2 aromatic rings. The molecule has 2 aromatic carbocycles. The van der Waals surface area contributed by atoms with Crippen molar-refractivity contribution in [2.24, 2.45) is 0 Å². The first-order valence-corrected chi connectivity index (χ1v) is 7.98. The van der Waals surface area contributed by atoms with E-state index in [-0.39, 0.29) is 17.9 Å². The highest BCUT2D eigenvalue weighted by Gasteiger charge is 2.32. The lowest BCUT2D eigenvalue weighted by Crippen LogP contribution is -2.33. The second kappa shape index (κ2) is 6.93. The Balaban J connectivity index is 1.67. The number of halogens is 1. The number of rotatable bonds is 4. The highest BCUT2D eigenvalue weighted by molar-refractivity contribution is 6.30. The molecule has 0 spiro atoms. The lowest BCUT2D eigenvalue weighted by atomic mass is 10.2. The summed E-state index contributed by atoms with van der Waals surface area (Å²) in [5.74, 6) is -0.359. The van der Waals surface area contributed by atoms with Gasteiger partial charge in [-0.25, -0.2) is 4.79 Å². The van der Waals surface area contributed by atoms with Crippen LogP contribution in [0.2, 0.25) is 5.02 Å². The number of ether oxygens (including phenoxy) is 1. The molecule has 1 aliphatic heterocycles. The number of carbonyl (C=O) groups is 2. The van der Waals surface area contributed by atoms with Crippen LogP contribution in [-0.2, 0) is 9.53 Å². The van der Waals surface area contributed by atoms with E-state index in [9.17, 15) is 9.59 Å². The van der Waals surface area contributed by atoms with Crippen molar-refractivity contribution >= 4 is 34.9 Å². The molecule has 5 nitrogen and oxygen atoms in total. The number of nitrogens with one attached hydrogen (secondary N) is 1. The number of esters is 1. The van der Waals surface area contributed by atoms with E-state index in [4.69, 9.17) is 11.6 Å². The van der Waals surface area contributed by atoms with Crippen LogP contribution in [0.3, 0.4) is 0 Å². The number of amides is 1. The maximum Gasteiger partial charge on any atom is 0.337 e. The number of hydrogen-bond donors (Lipinski definition) is 1. The third kappa shape index (κ3) is 3.36. The molecule has 1 amide bonds. The summed E-state index contributed by atoms with van der Waals surface area (Å²) >= 11 is 5.89. The Hall–Kier alpha value is -2.53. The number of carbonyl (C=O) groups excluding carboxylic acids is 2. The van der Waals surface area contributed by atoms with Gasteiger partial charge < -0.3 is 15.0 Å². The van der Waals surface area contributed by atoms with Gasteiger partial charge in [0.2, 0.25) is 5.91 Å². The first kappa shape index (κ1) is 16.3. The summed E-state index contributed by atoms with van der Waals surface area (Å²) in [6, 6.07) is 13.8. The molecule has 3 rings (SSSR count). The molecule has 1 N–H and O–H groups in total. The zero-order chi connectivity index (χ0) is 17.1. The van der Waals surface area contributed by atoms with E-state index < -0.39 is 0 Å². The van der Waals surface area contributed by atoms with Gasteiger partial charge in [-0.15, -0.1) is 0 Å². The smallest absolute Gasteiger partial charge is 0.337 e. The monoisotopic (exact) mass is 344 g/mol. The van der Waals surface area contributed by atoms with Gasteiger partial charge in [0.1, 0.15) is 6.04 Å². The summed E-state index contributed by atoms with van der Waals surface area (Å²) in [6.07, 6.45) is 0.709. The largest absolute Gasteiger partial charge is 0.465 e. The molecule has 1 heterocycles. The molecule has 0 saturated carbocycles. The zero-order valence-electron chi connectivity index (χ0n) is 13.2. The van der Waals surface area contributed by atoms with Crippen molar-refractivity contribution in [1.82, 2.24) is 0 Å². The molecular weight excluding hydrogens is 328 g/mol. The van der Waals surface area contributed by atoms with Gasteiger partial charge in [-0.3, -0.25) is 4.79 Å². The number of nitrogens with zero attached hydrogens (tertiary/aromatic N) is 1. The molecule has 0 bridgehead atoms. The molecular formula is C18H17ClN2O3. The Labute approximate surface area is 145 Å². The van der Waals surface area contributed by atoms with Crippen molar-refractivity contribution in [3.63, 3.8) is 0 Å². The number of anilines is 2. The predicted octanol–water partition coefficient (Wildman–Crippen LogP) is 3.34. The van der Waals surface area contributed by atoms with Crippen molar-refractivity contribution in [3.8, 4) is 0 Å². The molecule has 1 atom stereocenters. The van der Waals surface area contributed by atoms with Crippen molar-refractivity contribution in [2.45, 2.75) is 12.5 Å². The van der Waals surface area contributed by atoms with Gasteiger partial charge in [-0.05, 0) is 55.0 Å². The van der Waals surface area contributed by atoms with Gasteiger partial charge in [0, 0.05) is 22.9 Å². The summed E-state index contributed by atoms with van der Waals surface area (Å²) in [4.78, 5) is 25.8. The van der Waals surface area contributed by atoms with E-state index in [0.29, 0.717) is 23.6 Å².